The van der Waals surface area contributed by atoms with Crippen LogP contribution < -0.4 is 0 Å². The predicted molar refractivity (Wildman–Crippen MR) is 47.9 cm³/mol. The van der Waals surface area contributed by atoms with Crippen LogP contribution in [0.15, 0.2) is 0 Å². The molecule has 0 fully saturated rings. The number of hydrogen-bond acceptors (Lipinski definition) is 3. The molecule has 1 heterocycles. The second kappa shape index (κ2) is 4.18. The van der Waals surface area contributed by atoms with Crippen LogP contribution in [-0.4, -0.2) is 11.8 Å². The summed E-state index contributed by atoms with van der Waals surface area (Å²) < 4.78 is 9.48. The third kappa shape index (κ3) is 2.38. The molecule has 1 aliphatic rings. The molecule has 0 aromatic rings. The highest BCUT2D eigenvalue weighted by molar-refractivity contribution is 5.64. The minimum atomic E-state index is -0.670. The van der Waals surface area contributed by atoms with E-state index in [9.17, 15) is 4.79 Å². The summed E-state index contributed by atoms with van der Waals surface area (Å²) >= 11 is 0. The molecule has 13 heavy (non-hydrogen) atoms. The molecule has 0 saturated carbocycles. The number of cyclic esters (lactones) is 2. The van der Waals surface area contributed by atoms with Gasteiger partial charge in [0.15, 0.2) is 5.60 Å². The minimum Gasteiger partial charge on any atom is -0.413 e. The van der Waals surface area contributed by atoms with E-state index < -0.39 is 11.8 Å². The van der Waals surface area contributed by atoms with Crippen molar-refractivity contribution in [2.45, 2.75) is 45.1 Å². The maximum atomic E-state index is 10.9. The number of hydrogen-bond donors (Lipinski definition) is 0. The molecule has 0 radical (unpaired) electrons. The predicted octanol–water partition coefficient (Wildman–Crippen LogP) is 2.45. The molecular formula is C10H14O3. The van der Waals surface area contributed by atoms with E-state index in [1.807, 2.05) is 6.92 Å². The highest BCUT2D eigenvalue weighted by atomic mass is 16.7. The van der Waals surface area contributed by atoms with E-state index in [0.717, 1.165) is 25.7 Å². The van der Waals surface area contributed by atoms with Crippen molar-refractivity contribution >= 4 is 6.16 Å². The molecule has 0 aromatic carbocycles. The van der Waals surface area contributed by atoms with Crippen molar-refractivity contribution in [1.29, 1.82) is 0 Å². The van der Waals surface area contributed by atoms with Gasteiger partial charge in [0.2, 0.25) is 0 Å². The van der Waals surface area contributed by atoms with Gasteiger partial charge in [-0.25, -0.2) is 4.79 Å². The first-order valence-electron chi connectivity index (χ1n) is 4.64. The lowest BCUT2D eigenvalue weighted by Gasteiger charge is -2.27. The summed E-state index contributed by atoms with van der Waals surface area (Å²) in [5, 5.41) is 0. The normalized spacial score (nSPS) is 25.5. The first-order valence-corrected chi connectivity index (χ1v) is 4.64. The van der Waals surface area contributed by atoms with Crippen LogP contribution in [0.3, 0.4) is 0 Å². The van der Waals surface area contributed by atoms with E-state index >= 15 is 0 Å². The number of carbonyl (C=O) groups is 1. The van der Waals surface area contributed by atoms with Crippen molar-refractivity contribution in [3.8, 4) is 12.0 Å². The molecule has 1 rings (SSSR count). The smallest absolute Gasteiger partial charge is 0.413 e. The van der Waals surface area contributed by atoms with Crippen molar-refractivity contribution in [2.75, 3.05) is 0 Å². The van der Waals surface area contributed by atoms with E-state index in [-0.39, 0.29) is 0 Å². The summed E-state index contributed by atoms with van der Waals surface area (Å²) in [5.74, 6) is 2.83. The lowest BCUT2D eigenvalue weighted by Crippen LogP contribution is -2.35. The van der Waals surface area contributed by atoms with Crippen LogP contribution >= 0.6 is 0 Å². The van der Waals surface area contributed by atoms with Gasteiger partial charge < -0.3 is 9.47 Å². The zero-order chi connectivity index (χ0) is 9.73. The summed E-state index contributed by atoms with van der Waals surface area (Å²) in [6.07, 6.45) is 5.28. The Morgan fingerprint density at radius 2 is 2.23 bits per heavy atom. The Hall–Kier alpha value is -1.17. The van der Waals surface area contributed by atoms with E-state index in [4.69, 9.17) is 4.74 Å². The fourth-order valence-corrected chi connectivity index (χ4v) is 1.28. The zero-order valence-electron chi connectivity index (χ0n) is 8.05. The molecule has 1 aliphatic heterocycles. The Balaban J connectivity index is 2.66. The third-order valence-corrected chi connectivity index (χ3v) is 2.20. The monoisotopic (exact) mass is 182 g/mol. The molecule has 0 aromatic heterocycles. The molecule has 1 atom stereocenters. The van der Waals surface area contributed by atoms with E-state index in [2.05, 4.69) is 23.7 Å². The molecule has 72 valence electrons. The van der Waals surface area contributed by atoms with E-state index in [0.29, 0.717) is 0 Å². The van der Waals surface area contributed by atoms with Crippen molar-refractivity contribution in [3.63, 3.8) is 0 Å². The van der Waals surface area contributed by atoms with Gasteiger partial charge in [-0.1, -0.05) is 20.3 Å². The average molecular weight is 182 g/mol. The molecule has 0 saturated heterocycles. The van der Waals surface area contributed by atoms with Gasteiger partial charge in [-0.15, -0.1) is 0 Å². The SMILES string of the molecule is CCCCC1(CC)C#COC(=O)O1. The standard InChI is InChI=1S/C10H14O3/c1-3-5-6-10(4-2)7-8-12-9(11)13-10/h3-6H2,1-2H3. The van der Waals surface area contributed by atoms with E-state index in [1.165, 1.54) is 0 Å². The molecule has 3 heteroatoms. The third-order valence-electron chi connectivity index (χ3n) is 2.20. The fraction of sp³-hybridized carbons (Fsp3) is 0.700. The Morgan fingerprint density at radius 3 is 2.77 bits per heavy atom. The molecule has 0 N–H and O–H groups in total. The number of ether oxygens (including phenoxy) is 2. The van der Waals surface area contributed by atoms with Gasteiger partial charge in [0.05, 0.1) is 0 Å². The van der Waals surface area contributed by atoms with Crippen LogP contribution in [0.2, 0.25) is 0 Å². The van der Waals surface area contributed by atoms with Crippen molar-refractivity contribution in [3.05, 3.63) is 0 Å². The topological polar surface area (TPSA) is 35.5 Å². The van der Waals surface area contributed by atoms with Gasteiger partial charge in [-0.3, -0.25) is 0 Å². The van der Waals surface area contributed by atoms with Gasteiger partial charge in [0.1, 0.15) is 6.11 Å². The highest BCUT2D eigenvalue weighted by Gasteiger charge is 2.33. The maximum absolute atomic E-state index is 10.9. The maximum Gasteiger partial charge on any atom is 0.524 e. The van der Waals surface area contributed by atoms with Crippen molar-refractivity contribution in [2.24, 2.45) is 0 Å². The Labute approximate surface area is 78.4 Å². The Morgan fingerprint density at radius 1 is 1.46 bits per heavy atom. The fourth-order valence-electron chi connectivity index (χ4n) is 1.28. The highest BCUT2D eigenvalue weighted by Crippen LogP contribution is 2.25. The number of rotatable bonds is 4. The van der Waals surface area contributed by atoms with Crippen LogP contribution in [0, 0.1) is 12.0 Å². The van der Waals surface area contributed by atoms with E-state index in [1.54, 1.807) is 0 Å². The van der Waals surface area contributed by atoms with Crippen molar-refractivity contribution < 1.29 is 14.3 Å². The lowest BCUT2D eigenvalue weighted by molar-refractivity contribution is -0.00187. The van der Waals surface area contributed by atoms with Gasteiger partial charge >= 0.3 is 6.16 Å². The molecule has 0 bridgehead atoms. The molecule has 0 amide bonds. The molecular weight excluding hydrogens is 168 g/mol. The molecule has 1 unspecified atom stereocenters. The van der Waals surface area contributed by atoms with Crippen LogP contribution in [0.5, 0.6) is 0 Å². The lowest BCUT2D eigenvalue weighted by atomic mass is 9.94. The number of unbranched alkanes of at least 4 members (excludes halogenated alkanes) is 1. The summed E-state index contributed by atoms with van der Waals surface area (Å²) in [6, 6.07) is 0. The molecule has 0 aliphatic carbocycles. The Kier molecular flexibility index (Phi) is 3.18. The summed E-state index contributed by atoms with van der Waals surface area (Å²) in [4.78, 5) is 10.9. The van der Waals surface area contributed by atoms with Crippen LogP contribution in [0.1, 0.15) is 39.5 Å². The molecule has 0 spiro atoms. The first kappa shape index (κ1) is 9.91. The first-order chi connectivity index (χ1) is 6.22. The van der Waals surface area contributed by atoms with Crippen LogP contribution in [0.25, 0.3) is 0 Å². The van der Waals surface area contributed by atoms with Gasteiger partial charge in [0.25, 0.3) is 0 Å². The quantitative estimate of drug-likeness (QED) is 0.495. The van der Waals surface area contributed by atoms with Crippen LogP contribution in [0.4, 0.5) is 4.79 Å². The van der Waals surface area contributed by atoms with Gasteiger partial charge in [0, 0.05) is 0 Å². The summed E-state index contributed by atoms with van der Waals surface area (Å²) in [6.45, 7) is 4.06. The summed E-state index contributed by atoms with van der Waals surface area (Å²) in [5.41, 5.74) is -0.592. The van der Waals surface area contributed by atoms with Gasteiger partial charge in [-0.2, -0.15) is 0 Å². The summed E-state index contributed by atoms with van der Waals surface area (Å²) in [7, 11) is 0. The minimum absolute atomic E-state index is 0.592. The van der Waals surface area contributed by atoms with Crippen molar-refractivity contribution in [1.82, 2.24) is 0 Å². The number of carbonyl (C=O) groups excluding carboxylic acids is 1. The molecule has 3 nitrogen and oxygen atoms in total. The largest absolute Gasteiger partial charge is 0.524 e. The van der Waals surface area contributed by atoms with Gasteiger partial charge in [-0.05, 0) is 25.2 Å². The Bertz CT molecular complexity index is 249. The van der Waals surface area contributed by atoms with Crippen LogP contribution in [-0.2, 0) is 9.47 Å². The zero-order valence-corrected chi connectivity index (χ0v) is 8.05. The average Bonchev–Trinajstić information content (AvgIpc) is 2.15. The second-order valence-corrected chi connectivity index (χ2v) is 3.13. The second-order valence-electron chi connectivity index (χ2n) is 3.13.